The summed E-state index contributed by atoms with van der Waals surface area (Å²) in [6.45, 7) is 2.74. The second-order valence-electron chi connectivity index (χ2n) is 3.33. The molecule has 0 amide bonds. The molecule has 0 spiro atoms. The Bertz CT molecular complexity index is 309. The molecule has 13 heavy (non-hydrogen) atoms. The van der Waals surface area contributed by atoms with Gasteiger partial charge in [-0.05, 0) is 24.5 Å². The van der Waals surface area contributed by atoms with Crippen molar-refractivity contribution < 1.29 is 9.13 Å². The lowest BCUT2D eigenvalue weighted by atomic mass is 9.96. The minimum atomic E-state index is -0.121. The van der Waals surface area contributed by atoms with Gasteiger partial charge >= 0.3 is 0 Å². The third-order valence-corrected chi connectivity index (χ3v) is 2.53. The van der Waals surface area contributed by atoms with Gasteiger partial charge in [0.15, 0.2) is 0 Å². The molecule has 1 aliphatic rings. The summed E-state index contributed by atoms with van der Waals surface area (Å²) >= 11 is 0. The van der Waals surface area contributed by atoms with E-state index in [1.807, 2.05) is 13.0 Å². The Balaban J connectivity index is 2.47. The molecule has 0 radical (unpaired) electrons. The lowest BCUT2D eigenvalue weighted by Gasteiger charge is -2.25. The van der Waals surface area contributed by atoms with Crippen molar-refractivity contribution in [2.75, 3.05) is 6.61 Å². The van der Waals surface area contributed by atoms with Gasteiger partial charge < -0.3 is 4.74 Å². The number of rotatable bonds is 1. The summed E-state index contributed by atoms with van der Waals surface area (Å²) in [6.07, 6.45) is 1.64. The van der Waals surface area contributed by atoms with Gasteiger partial charge in [0.05, 0.1) is 12.7 Å². The van der Waals surface area contributed by atoms with E-state index in [1.54, 1.807) is 6.07 Å². The minimum Gasteiger partial charge on any atom is -0.373 e. The zero-order valence-electron chi connectivity index (χ0n) is 7.72. The van der Waals surface area contributed by atoms with Crippen LogP contribution in [0.15, 0.2) is 18.2 Å². The number of benzene rings is 1. The Labute approximate surface area is 77.5 Å². The molecule has 0 aliphatic carbocycles. The first kappa shape index (κ1) is 8.70. The van der Waals surface area contributed by atoms with Gasteiger partial charge in [-0.15, -0.1) is 0 Å². The van der Waals surface area contributed by atoms with Crippen LogP contribution in [-0.4, -0.2) is 6.61 Å². The lowest BCUT2D eigenvalue weighted by molar-refractivity contribution is 0.0371. The second kappa shape index (κ2) is 3.46. The van der Waals surface area contributed by atoms with Crippen LogP contribution < -0.4 is 0 Å². The molecule has 1 nitrogen and oxygen atoms in total. The zero-order valence-corrected chi connectivity index (χ0v) is 7.72. The second-order valence-corrected chi connectivity index (χ2v) is 3.33. The van der Waals surface area contributed by atoms with Crippen molar-refractivity contribution in [3.63, 3.8) is 0 Å². The normalized spacial score (nSPS) is 21.2. The largest absolute Gasteiger partial charge is 0.373 e. The van der Waals surface area contributed by atoms with Crippen LogP contribution in [0, 0.1) is 5.82 Å². The quantitative estimate of drug-likeness (QED) is 0.645. The first-order valence-corrected chi connectivity index (χ1v) is 4.71. The Kier molecular flexibility index (Phi) is 2.32. The molecule has 0 saturated carbocycles. The van der Waals surface area contributed by atoms with E-state index in [9.17, 15) is 4.39 Å². The van der Waals surface area contributed by atoms with E-state index < -0.39 is 0 Å². The van der Waals surface area contributed by atoms with Crippen LogP contribution in [-0.2, 0) is 11.2 Å². The highest BCUT2D eigenvalue weighted by molar-refractivity contribution is 5.32. The molecule has 0 fully saturated rings. The van der Waals surface area contributed by atoms with Crippen LogP contribution >= 0.6 is 0 Å². The molecule has 2 heteroatoms. The predicted molar refractivity (Wildman–Crippen MR) is 49.1 cm³/mol. The van der Waals surface area contributed by atoms with Crippen molar-refractivity contribution >= 4 is 0 Å². The summed E-state index contributed by atoms with van der Waals surface area (Å²) in [5.74, 6) is -0.121. The van der Waals surface area contributed by atoms with E-state index in [0.717, 1.165) is 30.6 Å². The molecular formula is C11H13FO. The monoisotopic (exact) mass is 180 g/mol. The zero-order chi connectivity index (χ0) is 9.26. The summed E-state index contributed by atoms with van der Waals surface area (Å²) in [6, 6.07) is 5.27. The number of hydrogen-bond donors (Lipinski definition) is 0. The molecule has 0 aromatic heterocycles. The number of halogens is 1. The van der Waals surface area contributed by atoms with Crippen molar-refractivity contribution in [2.45, 2.75) is 25.9 Å². The highest BCUT2D eigenvalue weighted by Gasteiger charge is 2.22. The molecule has 2 rings (SSSR count). The molecule has 0 saturated heterocycles. The van der Waals surface area contributed by atoms with Crippen molar-refractivity contribution in [2.24, 2.45) is 0 Å². The van der Waals surface area contributed by atoms with Gasteiger partial charge in [0.1, 0.15) is 5.82 Å². The van der Waals surface area contributed by atoms with Crippen LogP contribution in [0.1, 0.15) is 30.6 Å². The smallest absolute Gasteiger partial charge is 0.129 e. The van der Waals surface area contributed by atoms with Gasteiger partial charge in [-0.3, -0.25) is 0 Å². The predicted octanol–water partition coefficient (Wildman–Crippen LogP) is 2.85. The van der Waals surface area contributed by atoms with Crippen molar-refractivity contribution in [1.29, 1.82) is 0 Å². The molecule has 0 unspecified atom stereocenters. The van der Waals surface area contributed by atoms with Gasteiger partial charge in [0.2, 0.25) is 0 Å². The molecule has 1 aliphatic heterocycles. The summed E-state index contributed by atoms with van der Waals surface area (Å²) < 4.78 is 18.9. The molecule has 1 aromatic carbocycles. The molecule has 0 N–H and O–H groups in total. The van der Waals surface area contributed by atoms with Crippen molar-refractivity contribution in [1.82, 2.24) is 0 Å². The van der Waals surface area contributed by atoms with Gasteiger partial charge in [-0.25, -0.2) is 4.39 Å². The Hall–Kier alpha value is -0.890. The third-order valence-electron chi connectivity index (χ3n) is 2.53. The van der Waals surface area contributed by atoms with Crippen molar-refractivity contribution in [3.05, 3.63) is 35.1 Å². The van der Waals surface area contributed by atoms with Crippen LogP contribution in [0.3, 0.4) is 0 Å². The topological polar surface area (TPSA) is 9.23 Å². The average Bonchev–Trinajstić information content (AvgIpc) is 2.17. The maximum absolute atomic E-state index is 13.4. The van der Waals surface area contributed by atoms with Crippen molar-refractivity contribution in [3.8, 4) is 0 Å². The summed E-state index contributed by atoms with van der Waals surface area (Å²) in [5, 5.41) is 0. The molecule has 70 valence electrons. The minimum absolute atomic E-state index is 0.0371. The van der Waals surface area contributed by atoms with E-state index in [4.69, 9.17) is 4.74 Å². The summed E-state index contributed by atoms with van der Waals surface area (Å²) in [5.41, 5.74) is 1.88. The first-order valence-electron chi connectivity index (χ1n) is 4.71. The molecule has 0 bridgehead atoms. The van der Waals surface area contributed by atoms with E-state index in [1.165, 1.54) is 6.07 Å². The fourth-order valence-corrected chi connectivity index (χ4v) is 1.88. The Morgan fingerprint density at radius 2 is 2.38 bits per heavy atom. The summed E-state index contributed by atoms with van der Waals surface area (Å²) in [4.78, 5) is 0. The molecule has 1 aromatic rings. The van der Waals surface area contributed by atoms with E-state index in [0.29, 0.717) is 0 Å². The Morgan fingerprint density at radius 3 is 3.15 bits per heavy atom. The molecular weight excluding hydrogens is 167 g/mol. The highest BCUT2D eigenvalue weighted by Crippen LogP contribution is 2.31. The number of hydrogen-bond acceptors (Lipinski definition) is 1. The van der Waals surface area contributed by atoms with E-state index in [2.05, 4.69) is 0 Å². The van der Waals surface area contributed by atoms with Crippen LogP contribution in [0.5, 0.6) is 0 Å². The van der Waals surface area contributed by atoms with Crippen LogP contribution in [0.4, 0.5) is 4.39 Å². The van der Waals surface area contributed by atoms with Crippen LogP contribution in [0.2, 0.25) is 0 Å². The first-order chi connectivity index (χ1) is 6.33. The van der Waals surface area contributed by atoms with Gasteiger partial charge in [0, 0.05) is 5.56 Å². The standard InChI is InChI=1S/C11H13FO/c1-2-10-11-8(6-7-13-10)4-3-5-9(11)12/h3-5,10H,2,6-7H2,1H3/t10-/m0/s1. The third kappa shape index (κ3) is 1.46. The van der Waals surface area contributed by atoms with Crippen LogP contribution in [0.25, 0.3) is 0 Å². The number of fused-ring (bicyclic) bond motifs is 1. The Morgan fingerprint density at radius 1 is 1.54 bits per heavy atom. The average molecular weight is 180 g/mol. The SMILES string of the molecule is CC[C@@H]1OCCc2cccc(F)c21. The van der Waals surface area contributed by atoms with Gasteiger partial charge in [-0.1, -0.05) is 19.1 Å². The maximum Gasteiger partial charge on any atom is 0.129 e. The van der Waals surface area contributed by atoms with Gasteiger partial charge in [-0.2, -0.15) is 0 Å². The highest BCUT2D eigenvalue weighted by atomic mass is 19.1. The lowest BCUT2D eigenvalue weighted by Crippen LogP contribution is -2.17. The molecule has 1 atom stereocenters. The number of ether oxygens (including phenoxy) is 1. The van der Waals surface area contributed by atoms with E-state index >= 15 is 0 Å². The van der Waals surface area contributed by atoms with Gasteiger partial charge in [0.25, 0.3) is 0 Å². The summed E-state index contributed by atoms with van der Waals surface area (Å²) in [7, 11) is 0. The fraction of sp³-hybridized carbons (Fsp3) is 0.455. The molecule has 1 heterocycles. The maximum atomic E-state index is 13.4. The van der Waals surface area contributed by atoms with E-state index in [-0.39, 0.29) is 11.9 Å². The fourth-order valence-electron chi connectivity index (χ4n) is 1.88.